The Balaban J connectivity index is 3.00. The molecule has 1 aromatic rings. The average Bonchev–Trinajstić information content (AvgIpc) is 2.19. The number of ether oxygens (including phenoxy) is 1. The standard InChI is InChI=1S/C9H14N2O2S/c1-4-14(3,12)11-9-6-5-8(13-2)7-10-9/h5-7H,4H2,1-3H3. The summed E-state index contributed by atoms with van der Waals surface area (Å²) in [6.45, 7) is 1.84. The van der Waals surface area contributed by atoms with Crippen LogP contribution in [0.4, 0.5) is 5.82 Å². The van der Waals surface area contributed by atoms with Crippen molar-refractivity contribution in [3.63, 3.8) is 0 Å². The normalized spacial score (nSPS) is 14.5. The number of rotatable bonds is 3. The molecule has 4 nitrogen and oxygen atoms in total. The highest BCUT2D eigenvalue weighted by molar-refractivity contribution is 7.93. The fourth-order valence-corrected chi connectivity index (χ4v) is 1.44. The van der Waals surface area contributed by atoms with Gasteiger partial charge in [-0.1, -0.05) is 6.92 Å². The Morgan fingerprint density at radius 2 is 2.29 bits per heavy atom. The lowest BCUT2D eigenvalue weighted by Crippen LogP contribution is -1.98. The lowest BCUT2D eigenvalue weighted by atomic mass is 10.4. The van der Waals surface area contributed by atoms with E-state index < -0.39 is 9.73 Å². The SMILES string of the molecule is CCS(C)(=O)=Nc1ccc(OC)cn1. The molecule has 0 radical (unpaired) electrons. The molecule has 0 aliphatic heterocycles. The van der Waals surface area contributed by atoms with E-state index in [0.717, 1.165) is 0 Å². The molecule has 1 heterocycles. The summed E-state index contributed by atoms with van der Waals surface area (Å²) in [4.78, 5) is 4.01. The van der Waals surface area contributed by atoms with Gasteiger partial charge < -0.3 is 4.74 Å². The fraction of sp³-hybridized carbons (Fsp3) is 0.444. The van der Waals surface area contributed by atoms with Crippen molar-refractivity contribution in [3.8, 4) is 5.75 Å². The van der Waals surface area contributed by atoms with Gasteiger partial charge in [0, 0.05) is 12.0 Å². The highest BCUT2D eigenvalue weighted by Gasteiger charge is 1.99. The van der Waals surface area contributed by atoms with Gasteiger partial charge >= 0.3 is 0 Å². The first-order valence-electron chi connectivity index (χ1n) is 4.27. The van der Waals surface area contributed by atoms with E-state index in [1.54, 1.807) is 31.7 Å². The Labute approximate surface area is 84.5 Å². The van der Waals surface area contributed by atoms with Crippen molar-refractivity contribution in [2.75, 3.05) is 19.1 Å². The van der Waals surface area contributed by atoms with Crippen LogP contribution in [-0.4, -0.2) is 28.3 Å². The van der Waals surface area contributed by atoms with Gasteiger partial charge in [-0.15, -0.1) is 0 Å². The van der Waals surface area contributed by atoms with Gasteiger partial charge in [0.15, 0.2) is 5.82 Å². The number of aromatic nitrogens is 1. The smallest absolute Gasteiger partial charge is 0.161 e. The lowest BCUT2D eigenvalue weighted by molar-refractivity contribution is 0.413. The van der Waals surface area contributed by atoms with Gasteiger partial charge in [0.2, 0.25) is 0 Å². The fourth-order valence-electron chi connectivity index (χ4n) is 0.810. The monoisotopic (exact) mass is 214 g/mol. The number of hydrogen-bond acceptors (Lipinski definition) is 4. The van der Waals surface area contributed by atoms with E-state index in [9.17, 15) is 4.21 Å². The minimum Gasteiger partial charge on any atom is -0.495 e. The van der Waals surface area contributed by atoms with Crippen LogP contribution in [0.5, 0.6) is 5.75 Å². The average molecular weight is 214 g/mol. The van der Waals surface area contributed by atoms with Crippen LogP contribution in [0.1, 0.15) is 6.92 Å². The third-order valence-electron chi connectivity index (χ3n) is 1.78. The van der Waals surface area contributed by atoms with Crippen molar-refractivity contribution >= 4 is 15.5 Å². The second-order valence-corrected chi connectivity index (χ2v) is 5.57. The Kier molecular flexibility index (Phi) is 3.46. The molecule has 0 aliphatic carbocycles. The predicted molar refractivity (Wildman–Crippen MR) is 57.5 cm³/mol. The van der Waals surface area contributed by atoms with Crippen LogP contribution in [0.2, 0.25) is 0 Å². The van der Waals surface area contributed by atoms with E-state index in [1.807, 2.05) is 6.92 Å². The highest BCUT2D eigenvalue weighted by Crippen LogP contribution is 2.15. The maximum Gasteiger partial charge on any atom is 0.161 e. The molecule has 1 aromatic heterocycles. The first kappa shape index (κ1) is 11.0. The van der Waals surface area contributed by atoms with Crippen LogP contribution in [0.3, 0.4) is 0 Å². The van der Waals surface area contributed by atoms with Crippen LogP contribution in [0.25, 0.3) is 0 Å². The Hall–Kier alpha value is -1.10. The Bertz CT molecular complexity index is 405. The van der Waals surface area contributed by atoms with Crippen molar-refractivity contribution in [2.45, 2.75) is 6.92 Å². The zero-order valence-corrected chi connectivity index (χ0v) is 9.37. The lowest BCUT2D eigenvalue weighted by Gasteiger charge is -2.00. The minimum atomic E-state index is -2.12. The zero-order valence-electron chi connectivity index (χ0n) is 8.56. The number of methoxy groups -OCH3 is 1. The van der Waals surface area contributed by atoms with Gasteiger partial charge in [-0.05, 0) is 12.1 Å². The van der Waals surface area contributed by atoms with Crippen LogP contribution in [0.15, 0.2) is 22.7 Å². The summed E-state index contributed by atoms with van der Waals surface area (Å²) in [7, 11) is -0.548. The molecular formula is C9H14N2O2S. The molecule has 0 fully saturated rings. The summed E-state index contributed by atoms with van der Waals surface area (Å²) in [5, 5.41) is 0. The molecule has 0 aromatic carbocycles. The van der Waals surface area contributed by atoms with E-state index in [-0.39, 0.29) is 0 Å². The summed E-state index contributed by atoms with van der Waals surface area (Å²) in [6.07, 6.45) is 3.18. The topological polar surface area (TPSA) is 51.5 Å². The quantitative estimate of drug-likeness (QED) is 0.771. The molecule has 1 atom stereocenters. The molecule has 0 saturated carbocycles. The van der Waals surface area contributed by atoms with Crippen LogP contribution in [-0.2, 0) is 9.73 Å². The van der Waals surface area contributed by atoms with Gasteiger partial charge in [-0.3, -0.25) is 0 Å². The minimum absolute atomic E-state index is 0.486. The van der Waals surface area contributed by atoms with E-state index >= 15 is 0 Å². The van der Waals surface area contributed by atoms with Crippen molar-refractivity contribution < 1.29 is 8.95 Å². The third kappa shape index (κ3) is 2.99. The Morgan fingerprint density at radius 3 is 2.71 bits per heavy atom. The molecule has 0 amide bonds. The summed E-state index contributed by atoms with van der Waals surface area (Å²) >= 11 is 0. The third-order valence-corrected chi connectivity index (χ3v) is 3.42. The number of pyridine rings is 1. The molecule has 14 heavy (non-hydrogen) atoms. The molecule has 0 spiro atoms. The Morgan fingerprint density at radius 1 is 1.57 bits per heavy atom. The number of nitrogens with zero attached hydrogens (tertiary/aromatic N) is 2. The van der Waals surface area contributed by atoms with Gasteiger partial charge in [0.25, 0.3) is 0 Å². The summed E-state index contributed by atoms with van der Waals surface area (Å²) in [5.41, 5.74) is 0. The van der Waals surface area contributed by atoms with Gasteiger partial charge in [0.05, 0.1) is 23.0 Å². The second-order valence-electron chi connectivity index (χ2n) is 2.90. The molecule has 0 N–H and O–H groups in total. The summed E-state index contributed by atoms with van der Waals surface area (Å²) < 4.78 is 20.6. The number of hydrogen-bond donors (Lipinski definition) is 0. The largest absolute Gasteiger partial charge is 0.495 e. The van der Waals surface area contributed by atoms with E-state index in [4.69, 9.17) is 4.74 Å². The van der Waals surface area contributed by atoms with Crippen molar-refractivity contribution in [2.24, 2.45) is 4.36 Å². The molecule has 0 bridgehead atoms. The predicted octanol–water partition coefficient (Wildman–Crippen LogP) is 1.84. The second kappa shape index (κ2) is 4.41. The molecular weight excluding hydrogens is 200 g/mol. The maximum absolute atomic E-state index is 11.6. The summed E-state index contributed by atoms with van der Waals surface area (Å²) in [6, 6.07) is 3.44. The first-order chi connectivity index (χ1) is 6.57. The maximum atomic E-state index is 11.6. The molecule has 1 rings (SSSR count). The van der Waals surface area contributed by atoms with Crippen LogP contribution in [0, 0.1) is 0 Å². The van der Waals surface area contributed by atoms with Crippen molar-refractivity contribution in [3.05, 3.63) is 18.3 Å². The molecule has 5 heteroatoms. The molecule has 78 valence electrons. The van der Waals surface area contributed by atoms with E-state index in [0.29, 0.717) is 17.3 Å². The van der Waals surface area contributed by atoms with Crippen LogP contribution < -0.4 is 4.74 Å². The first-order valence-corrected chi connectivity index (χ1v) is 6.36. The van der Waals surface area contributed by atoms with Gasteiger partial charge in [-0.25, -0.2) is 9.19 Å². The van der Waals surface area contributed by atoms with E-state index in [1.165, 1.54) is 0 Å². The summed E-state index contributed by atoms with van der Waals surface area (Å²) in [5.74, 6) is 1.68. The molecule has 0 aliphatic rings. The zero-order chi connectivity index (χ0) is 10.6. The van der Waals surface area contributed by atoms with Gasteiger partial charge in [0.1, 0.15) is 5.75 Å². The van der Waals surface area contributed by atoms with Crippen LogP contribution >= 0.6 is 0 Å². The highest BCUT2D eigenvalue weighted by atomic mass is 32.2. The van der Waals surface area contributed by atoms with Gasteiger partial charge in [-0.2, -0.15) is 4.36 Å². The molecule has 1 unspecified atom stereocenters. The van der Waals surface area contributed by atoms with E-state index in [2.05, 4.69) is 9.35 Å². The van der Waals surface area contributed by atoms with Crippen molar-refractivity contribution in [1.29, 1.82) is 0 Å². The van der Waals surface area contributed by atoms with Crippen molar-refractivity contribution in [1.82, 2.24) is 4.98 Å². The molecule has 0 saturated heterocycles.